The minimum atomic E-state index is -2.81. The van der Waals surface area contributed by atoms with E-state index in [4.69, 9.17) is 0 Å². The van der Waals surface area contributed by atoms with Gasteiger partial charge >= 0.3 is 6.61 Å². The molecule has 4 nitrogen and oxygen atoms in total. The molecule has 0 bridgehead atoms. The Kier molecular flexibility index (Phi) is 7.39. The molecule has 0 aromatic heterocycles. The monoisotopic (exact) mass is 285 g/mol. The van der Waals surface area contributed by atoms with Crippen LogP contribution in [0.3, 0.4) is 0 Å². The van der Waals surface area contributed by atoms with E-state index in [-0.39, 0.29) is 5.75 Å². The molecule has 0 fully saturated rings. The lowest BCUT2D eigenvalue weighted by atomic mass is 10.2. The van der Waals surface area contributed by atoms with E-state index in [0.29, 0.717) is 6.54 Å². The molecule has 0 aliphatic carbocycles. The van der Waals surface area contributed by atoms with Crippen LogP contribution in [0.5, 0.6) is 5.75 Å². The number of hydrogen-bond donors (Lipinski definition) is 2. The fraction of sp³-hybridized carbons (Fsp3) is 0.500. The van der Waals surface area contributed by atoms with Gasteiger partial charge in [-0.3, -0.25) is 0 Å². The van der Waals surface area contributed by atoms with Gasteiger partial charge in [0.1, 0.15) is 5.75 Å². The molecule has 0 atom stereocenters. The van der Waals surface area contributed by atoms with Crippen LogP contribution >= 0.6 is 0 Å². The Hall–Kier alpha value is -1.85. The van der Waals surface area contributed by atoms with Gasteiger partial charge in [-0.2, -0.15) is 8.78 Å². The molecule has 0 spiro atoms. The van der Waals surface area contributed by atoms with Gasteiger partial charge in [0, 0.05) is 13.1 Å². The average Bonchev–Trinajstić information content (AvgIpc) is 2.41. The van der Waals surface area contributed by atoms with E-state index in [0.717, 1.165) is 31.0 Å². The van der Waals surface area contributed by atoms with Gasteiger partial charge in [0.25, 0.3) is 0 Å². The minimum Gasteiger partial charge on any atom is -0.435 e. The molecule has 0 radical (unpaired) electrons. The fourth-order valence-electron chi connectivity index (χ4n) is 1.58. The Balaban J connectivity index is 2.65. The summed E-state index contributed by atoms with van der Waals surface area (Å²) in [7, 11) is 0. The smallest absolute Gasteiger partial charge is 0.387 e. The first-order valence-electron chi connectivity index (χ1n) is 6.71. The summed E-state index contributed by atoms with van der Waals surface area (Å²) in [5, 5.41) is 6.30. The highest BCUT2D eigenvalue weighted by molar-refractivity contribution is 5.79. The number of guanidine groups is 1. The summed E-state index contributed by atoms with van der Waals surface area (Å²) < 4.78 is 28.6. The summed E-state index contributed by atoms with van der Waals surface area (Å²) in [6.45, 7) is 3.25. The third-order valence-corrected chi connectivity index (χ3v) is 2.43. The van der Waals surface area contributed by atoms with Crippen molar-refractivity contribution in [2.75, 3.05) is 13.1 Å². The van der Waals surface area contributed by atoms with Gasteiger partial charge in [0.05, 0.1) is 6.54 Å². The average molecular weight is 285 g/mol. The molecule has 0 amide bonds. The molecule has 20 heavy (non-hydrogen) atoms. The maximum atomic E-state index is 12.1. The second kappa shape index (κ2) is 9.12. The van der Waals surface area contributed by atoms with E-state index < -0.39 is 6.61 Å². The third-order valence-electron chi connectivity index (χ3n) is 2.43. The Morgan fingerprint density at radius 2 is 2.10 bits per heavy atom. The number of hydrogen-bond acceptors (Lipinski definition) is 2. The van der Waals surface area contributed by atoms with Gasteiger partial charge in [0.2, 0.25) is 0 Å². The lowest BCUT2D eigenvalue weighted by molar-refractivity contribution is -0.0498. The van der Waals surface area contributed by atoms with Crippen molar-refractivity contribution in [1.29, 1.82) is 0 Å². The number of rotatable bonds is 7. The molecule has 1 aromatic rings. The summed E-state index contributed by atoms with van der Waals surface area (Å²) >= 11 is 0. The largest absolute Gasteiger partial charge is 0.435 e. The highest BCUT2D eigenvalue weighted by atomic mass is 19.3. The lowest BCUT2D eigenvalue weighted by Crippen LogP contribution is -2.37. The third kappa shape index (κ3) is 6.36. The highest BCUT2D eigenvalue weighted by Crippen LogP contribution is 2.16. The zero-order valence-corrected chi connectivity index (χ0v) is 11.8. The van der Waals surface area contributed by atoms with Crippen LogP contribution in [0, 0.1) is 0 Å². The standard InChI is InChI=1S/C14H21F2N3O/c1-3-8-18-14(17-4-2)19-10-11-6-5-7-12(9-11)20-13(15)16/h5-7,9,13H,3-4,8,10H2,1-2H3,(H2,17,18,19). The van der Waals surface area contributed by atoms with Gasteiger partial charge < -0.3 is 15.4 Å². The molecule has 6 heteroatoms. The quantitative estimate of drug-likeness (QED) is 0.598. The van der Waals surface area contributed by atoms with Crippen molar-refractivity contribution in [1.82, 2.24) is 10.6 Å². The zero-order valence-electron chi connectivity index (χ0n) is 11.8. The molecule has 1 aromatic carbocycles. The number of halogens is 2. The molecule has 112 valence electrons. The van der Waals surface area contributed by atoms with E-state index >= 15 is 0 Å². The predicted octanol–water partition coefficient (Wildman–Crippen LogP) is 2.75. The van der Waals surface area contributed by atoms with Crippen LogP contribution < -0.4 is 15.4 Å². The maximum Gasteiger partial charge on any atom is 0.387 e. The minimum absolute atomic E-state index is 0.152. The number of nitrogens with zero attached hydrogens (tertiary/aromatic N) is 1. The molecule has 2 N–H and O–H groups in total. The molecular formula is C14H21F2N3O. The van der Waals surface area contributed by atoms with Crippen molar-refractivity contribution in [2.45, 2.75) is 33.4 Å². The molecular weight excluding hydrogens is 264 g/mol. The summed E-state index contributed by atoms with van der Waals surface area (Å²) in [4.78, 5) is 4.39. The van der Waals surface area contributed by atoms with Crippen LogP contribution in [0.15, 0.2) is 29.3 Å². The van der Waals surface area contributed by atoms with E-state index in [2.05, 4.69) is 27.3 Å². The van der Waals surface area contributed by atoms with Gasteiger partial charge in [0.15, 0.2) is 5.96 Å². The topological polar surface area (TPSA) is 45.7 Å². The number of nitrogens with one attached hydrogen (secondary N) is 2. The first-order chi connectivity index (χ1) is 9.65. The normalized spacial score (nSPS) is 11.6. The number of aliphatic imine (C=N–C) groups is 1. The van der Waals surface area contributed by atoms with Crippen LogP contribution in [0.4, 0.5) is 8.78 Å². The van der Waals surface area contributed by atoms with Crippen LogP contribution in [0.1, 0.15) is 25.8 Å². The zero-order chi connectivity index (χ0) is 14.8. The number of ether oxygens (including phenoxy) is 1. The predicted molar refractivity (Wildman–Crippen MR) is 76.2 cm³/mol. The van der Waals surface area contributed by atoms with Crippen LogP contribution in [0.2, 0.25) is 0 Å². The van der Waals surface area contributed by atoms with E-state index in [9.17, 15) is 8.78 Å². The molecule has 0 saturated carbocycles. The second-order valence-corrected chi connectivity index (χ2v) is 4.15. The van der Waals surface area contributed by atoms with Gasteiger partial charge in [-0.1, -0.05) is 19.1 Å². The van der Waals surface area contributed by atoms with E-state index in [1.165, 1.54) is 6.07 Å². The Labute approximate surface area is 118 Å². The Morgan fingerprint density at radius 3 is 2.75 bits per heavy atom. The second-order valence-electron chi connectivity index (χ2n) is 4.15. The number of benzene rings is 1. The van der Waals surface area contributed by atoms with Crippen molar-refractivity contribution >= 4 is 5.96 Å². The molecule has 0 aliphatic heterocycles. The molecule has 0 aliphatic rings. The molecule has 0 heterocycles. The van der Waals surface area contributed by atoms with Crippen LogP contribution in [0.25, 0.3) is 0 Å². The van der Waals surface area contributed by atoms with Crippen molar-refractivity contribution in [2.24, 2.45) is 4.99 Å². The Bertz CT molecular complexity index is 425. The van der Waals surface area contributed by atoms with Gasteiger partial charge in [-0.15, -0.1) is 0 Å². The van der Waals surface area contributed by atoms with Crippen molar-refractivity contribution < 1.29 is 13.5 Å². The van der Waals surface area contributed by atoms with E-state index in [1.54, 1.807) is 12.1 Å². The summed E-state index contributed by atoms with van der Waals surface area (Å²) in [5.41, 5.74) is 0.817. The van der Waals surface area contributed by atoms with Gasteiger partial charge in [-0.05, 0) is 31.0 Å². The van der Waals surface area contributed by atoms with E-state index in [1.807, 2.05) is 13.0 Å². The van der Waals surface area contributed by atoms with Gasteiger partial charge in [-0.25, -0.2) is 4.99 Å². The number of alkyl halides is 2. The molecule has 0 saturated heterocycles. The van der Waals surface area contributed by atoms with Crippen LogP contribution in [-0.2, 0) is 6.54 Å². The lowest BCUT2D eigenvalue weighted by Gasteiger charge is -2.10. The highest BCUT2D eigenvalue weighted by Gasteiger charge is 2.04. The molecule has 1 rings (SSSR count). The van der Waals surface area contributed by atoms with Crippen molar-refractivity contribution in [3.63, 3.8) is 0 Å². The fourth-order valence-corrected chi connectivity index (χ4v) is 1.58. The Morgan fingerprint density at radius 1 is 1.30 bits per heavy atom. The maximum absolute atomic E-state index is 12.1. The summed E-state index contributed by atoms with van der Waals surface area (Å²) in [6, 6.07) is 6.57. The summed E-state index contributed by atoms with van der Waals surface area (Å²) in [5.74, 6) is 0.869. The molecule has 0 unspecified atom stereocenters. The summed E-state index contributed by atoms with van der Waals surface area (Å²) in [6.07, 6.45) is 1.00. The van der Waals surface area contributed by atoms with Crippen molar-refractivity contribution in [3.8, 4) is 5.75 Å². The van der Waals surface area contributed by atoms with Crippen molar-refractivity contribution in [3.05, 3.63) is 29.8 Å². The first-order valence-corrected chi connectivity index (χ1v) is 6.71. The SMILES string of the molecule is CCCNC(=NCc1cccc(OC(F)F)c1)NCC. The first kappa shape index (κ1) is 16.2. The van der Waals surface area contributed by atoms with Crippen LogP contribution in [-0.4, -0.2) is 25.7 Å².